The third-order valence-electron chi connectivity index (χ3n) is 2.54. The molecule has 1 heterocycles. The Morgan fingerprint density at radius 3 is 2.26 bits per heavy atom. The molecule has 2 rings (SSSR count). The number of anilines is 1. The number of hydrogen-bond donors (Lipinski definition) is 1. The molecule has 0 bridgehead atoms. The van der Waals surface area contributed by atoms with Crippen LogP contribution >= 0.6 is 11.3 Å². The van der Waals surface area contributed by atoms with Gasteiger partial charge < -0.3 is 5.32 Å². The van der Waals surface area contributed by atoms with Crippen LogP contribution in [0.5, 0.6) is 0 Å². The number of hydrogen-bond acceptors (Lipinski definition) is 2. The van der Waals surface area contributed by atoms with Crippen molar-refractivity contribution in [2.24, 2.45) is 0 Å². The average molecular weight is 285 g/mol. The lowest BCUT2D eigenvalue weighted by molar-refractivity contribution is -0.137. The maximum absolute atomic E-state index is 12.4. The summed E-state index contributed by atoms with van der Waals surface area (Å²) in [6.07, 6.45) is -4.37. The minimum Gasteiger partial charge on any atom is -0.321 e. The summed E-state index contributed by atoms with van der Waals surface area (Å²) in [5.41, 5.74) is 0.443. The Kier molecular flexibility index (Phi) is 3.61. The molecule has 0 saturated heterocycles. The molecule has 0 fully saturated rings. The van der Waals surface area contributed by atoms with Gasteiger partial charge in [-0.1, -0.05) is 0 Å². The van der Waals surface area contributed by atoms with Crippen LogP contribution in [0.15, 0.2) is 35.7 Å². The summed E-state index contributed by atoms with van der Waals surface area (Å²) in [6.45, 7) is 1.80. The van der Waals surface area contributed by atoms with Crippen LogP contribution in [0.4, 0.5) is 18.9 Å². The van der Waals surface area contributed by atoms with Crippen LogP contribution in [-0.4, -0.2) is 5.91 Å². The van der Waals surface area contributed by atoms with E-state index in [2.05, 4.69) is 5.32 Å². The van der Waals surface area contributed by atoms with Crippen LogP contribution in [-0.2, 0) is 6.18 Å². The molecule has 1 aromatic carbocycles. The van der Waals surface area contributed by atoms with Gasteiger partial charge in [0.25, 0.3) is 5.91 Å². The fourth-order valence-corrected chi connectivity index (χ4v) is 2.36. The van der Waals surface area contributed by atoms with Crippen LogP contribution in [0.2, 0.25) is 0 Å². The highest BCUT2D eigenvalue weighted by molar-refractivity contribution is 7.12. The zero-order valence-electron chi connectivity index (χ0n) is 9.91. The van der Waals surface area contributed by atoms with Gasteiger partial charge in [0.1, 0.15) is 0 Å². The van der Waals surface area contributed by atoms with E-state index in [4.69, 9.17) is 0 Å². The van der Waals surface area contributed by atoms with E-state index in [0.29, 0.717) is 10.6 Å². The van der Waals surface area contributed by atoms with Crippen LogP contribution in [0, 0.1) is 6.92 Å². The van der Waals surface area contributed by atoms with Gasteiger partial charge in [-0.3, -0.25) is 4.79 Å². The summed E-state index contributed by atoms with van der Waals surface area (Å²) in [7, 11) is 0. The highest BCUT2D eigenvalue weighted by Crippen LogP contribution is 2.30. The first-order valence-corrected chi connectivity index (χ1v) is 6.28. The number of carbonyl (C=O) groups is 1. The Morgan fingerprint density at radius 1 is 1.16 bits per heavy atom. The highest BCUT2D eigenvalue weighted by Gasteiger charge is 2.30. The molecule has 6 heteroatoms. The second kappa shape index (κ2) is 5.05. The summed E-state index contributed by atoms with van der Waals surface area (Å²) in [5.74, 6) is -0.313. The molecule has 1 N–H and O–H groups in total. The van der Waals surface area contributed by atoms with E-state index in [1.54, 1.807) is 12.3 Å². The molecule has 0 aliphatic heterocycles. The first kappa shape index (κ1) is 13.6. The maximum Gasteiger partial charge on any atom is 0.416 e. The lowest BCUT2D eigenvalue weighted by Crippen LogP contribution is -2.12. The highest BCUT2D eigenvalue weighted by atomic mass is 32.1. The van der Waals surface area contributed by atoms with Gasteiger partial charge in [-0.05, 0) is 48.2 Å². The fourth-order valence-electron chi connectivity index (χ4n) is 1.54. The SMILES string of the molecule is Cc1ccsc1C(=O)Nc1ccc(C(F)(F)F)cc1. The van der Waals surface area contributed by atoms with E-state index in [9.17, 15) is 18.0 Å². The molecule has 0 saturated carbocycles. The van der Waals surface area contributed by atoms with E-state index in [1.807, 2.05) is 6.07 Å². The number of thiophene rings is 1. The smallest absolute Gasteiger partial charge is 0.321 e. The predicted octanol–water partition coefficient (Wildman–Crippen LogP) is 4.33. The summed E-state index contributed by atoms with van der Waals surface area (Å²) < 4.78 is 37.1. The van der Waals surface area contributed by atoms with Crippen molar-refractivity contribution in [2.45, 2.75) is 13.1 Å². The summed E-state index contributed by atoms with van der Waals surface area (Å²) in [5, 5.41) is 4.36. The quantitative estimate of drug-likeness (QED) is 0.874. The number of amides is 1. The first-order valence-electron chi connectivity index (χ1n) is 5.40. The monoisotopic (exact) mass is 285 g/mol. The lowest BCUT2D eigenvalue weighted by Gasteiger charge is -2.08. The number of alkyl halides is 3. The van der Waals surface area contributed by atoms with Crippen LogP contribution in [0.25, 0.3) is 0 Å². The average Bonchev–Trinajstić information content (AvgIpc) is 2.75. The number of benzene rings is 1. The molecular weight excluding hydrogens is 275 g/mol. The molecule has 0 radical (unpaired) electrons. The van der Waals surface area contributed by atoms with E-state index in [0.717, 1.165) is 17.7 Å². The molecule has 19 heavy (non-hydrogen) atoms. The molecule has 1 aromatic heterocycles. The minimum atomic E-state index is -4.37. The topological polar surface area (TPSA) is 29.1 Å². The molecule has 100 valence electrons. The molecule has 0 atom stereocenters. The Morgan fingerprint density at radius 2 is 1.79 bits per heavy atom. The molecule has 0 spiro atoms. The third kappa shape index (κ3) is 3.14. The van der Waals surface area contributed by atoms with Gasteiger partial charge in [-0.25, -0.2) is 0 Å². The van der Waals surface area contributed by atoms with Crippen molar-refractivity contribution >= 4 is 22.9 Å². The van der Waals surface area contributed by atoms with Gasteiger partial charge in [0.15, 0.2) is 0 Å². The number of rotatable bonds is 2. The number of aryl methyl sites for hydroxylation is 1. The molecule has 0 aliphatic carbocycles. The van der Waals surface area contributed by atoms with Crippen molar-refractivity contribution in [3.05, 3.63) is 51.7 Å². The van der Waals surface area contributed by atoms with Crippen molar-refractivity contribution in [1.82, 2.24) is 0 Å². The second-order valence-electron chi connectivity index (χ2n) is 3.96. The third-order valence-corrected chi connectivity index (χ3v) is 3.55. The number of halogens is 3. The Balaban J connectivity index is 2.12. The minimum absolute atomic E-state index is 0.313. The standard InChI is InChI=1S/C13H10F3NOS/c1-8-6-7-19-11(8)12(18)17-10-4-2-9(3-5-10)13(14,15)16/h2-7H,1H3,(H,17,18). The van der Waals surface area contributed by atoms with Crippen molar-refractivity contribution in [3.63, 3.8) is 0 Å². The lowest BCUT2D eigenvalue weighted by atomic mass is 10.2. The van der Waals surface area contributed by atoms with Crippen molar-refractivity contribution < 1.29 is 18.0 Å². The molecule has 1 amide bonds. The van der Waals surface area contributed by atoms with E-state index < -0.39 is 11.7 Å². The normalized spacial score (nSPS) is 11.4. The van der Waals surface area contributed by atoms with Crippen molar-refractivity contribution in [2.75, 3.05) is 5.32 Å². The van der Waals surface area contributed by atoms with E-state index in [1.165, 1.54) is 23.5 Å². The van der Waals surface area contributed by atoms with E-state index >= 15 is 0 Å². The van der Waals surface area contributed by atoms with Gasteiger partial charge in [0.05, 0.1) is 10.4 Å². The zero-order valence-corrected chi connectivity index (χ0v) is 10.7. The van der Waals surface area contributed by atoms with E-state index in [-0.39, 0.29) is 5.91 Å². The Bertz CT molecular complexity index is 587. The number of nitrogens with one attached hydrogen (secondary N) is 1. The van der Waals surface area contributed by atoms with Crippen LogP contribution in [0.1, 0.15) is 20.8 Å². The van der Waals surface area contributed by atoms with Crippen molar-refractivity contribution in [3.8, 4) is 0 Å². The second-order valence-corrected chi connectivity index (χ2v) is 4.88. The summed E-state index contributed by atoms with van der Waals surface area (Å²) >= 11 is 1.29. The maximum atomic E-state index is 12.4. The van der Waals surface area contributed by atoms with Crippen LogP contribution in [0.3, 0.4) is 0 Å². The Hall–Kier alpha value is -1.82. The molecule has 0 aliphatic rings. The molecular formula is C13H10F3NOS. The molecule has 0 unspecified atom stereocenters. The molecule has 2 aromatic rings. The fraction of sp³-hybridized carbons (Fsp3) is 0.154. The zero-order chi connectivity index (χ0) is 14.0. The van der Waals surface area contributed by atoms with Gasteiger partial charge in [0, 0.05) is 5.69 Å². The van der Waals surface area contributed by atoms with Gasteiger partial charge >= 0.3 is 6.18 Å². The van der Waals surface area contributed by atoms with Gasteiger partial charge in [-0.2, -0.15) is 13.2 Å². The summed E-state index contributed by atoms with van der Waals surface area (Å²) in [6, 6.07) is 6.17. The van der Waals surface area contributed by atoms with Crippen molar-refractivity contribution in [1.29, 1.82) is 0 Å². The van der Waals surface area contributed by atoms with Gasteiger partial charge in [0.2, 0.25) is 0 Å². The van der Waals surface area contributed by atoms with Gasteiger partial charge in [-0.15, -0.1) is 11.3 Å². The first-order chi connectivity index (χ1) is 8.88. The predicted molar refractivity (Wildman–Crippen MR) is 68.5 cm³/mol. The number of carbonyl (C=O) groups excluding carboxylic acids is 1. The largest absolute Gasteiger partial charge is 0.416 e. The Labute approximate surface area is 111 Å². The summed E-state index contributed by atoms with van der Waals surface area (Å²) in [4.78, 5) is 12.4. The molecule has 2 nitrogen and oxygen atoms in total. The van der Waals surface area contributed by atoms with Crippen LogP contribution < -0.4 is 5.32 Å².